The summed E-state index contributed by atoms with van der Waals surface area (Å²) in [4.78, 5) is 14.4. The zero-order valence-corrected chi connectivity index (χ0v) is 11.7. The number of rotatable bonds is 6. The molecule has 1 aliphatic rings. The van der Waals surface area contributed by atoms with Gasteiger partial charge in [0.05, 0.1) is 11.6 Å². The van der Waals surface area contributed by atoms with Crippen molar-refractivity contribution in [2.75, 3.05) is 13.1 Å². The van der Waals surface area contributed by atoms with Gasteiger partial charge >= 0.3 is 5.97 Å². The van der Waals surface area contributed by atoms with Crippen molar-refractivity contribution < 1.29 is 9.53 Å². The minimum Gasteiger partial charge on any atom is -0.453 e. The summed E-state index contributed by atoms with van der Waals surface area (Å²) in [6.07, 6.45) is 5.48. The third-order valence-corrected chi connectivity index (χ3v) is 3.64. The van der Waals surface area contributed by atoms with E-state index in [1.54, 1.807) is 18.2 Å². The molecule has 0 spiro atoms. The number of benzene rings is 1. The predicted octanol–water partition coefficient (Wildman–Crippen LogP) is 3.05. The molecule has 1 fully saturated rings. The van der Waals surface area contributed by atoms with Crippen LogP contribution in [0.3, 0.4) is 0 Å². The minimum absolute atomic E-state index is 0.207. The number of ether oxygens (including phenoxy) is 1. The van der Waals surface area contributed by atoms with Gasteiger partial charge in [0.25, 0.3) is 0 Å². The van der Waals surface area contributed by atoms with Gasteiger partial charge in [-0.3, -0.25) is 4.90 Å². The van der Waals surface area contributed by atoms with Gasteiger partial charge in [-0.05, 0) is 37.6 Å². The normalized spacial score (nSPS) is 20.3. The van der Waals surface area contributed by atoms with Crippen LogP contribution < -0.4 is 0 Å². The van der Waals surface area contributed by atoms with Gasteiger partial charge in [-0.1, -0.05) is 30.9 Å². The van der Waals surface area contributed by atoms with Crippen LogP contribution in [-0.4, -0.2) is 36.1 Å². The minimum atomic E-state index is -0.291. The molecule has 0 saturated carbocycles. The molecule has 20 heavy (non-hydrogen) atoms. The van der Waals surface area contributed by atoms with E-state index in [0.717, 1.165) is 25.9 Å². The maximum Gasteiger partial charge on any atom is 0.338 e. The number of carbonyl (C=O) groups excluding carboxylic acids is 1. The van der Waals surface area contributed by atoms with E-state index in [0.29, 0.717) is 5.56 Å². The zero-order valence-electron chi connectivity index (χ0n) is 11.7. The number of hydrogen-bond donors (Lipinski definition) is 0. The van der Waals surface area contributed by atoms with E-state index in [1.165, 1.54) is 0 Å². The van der Waals surface area contributed by atoms with Crippen LogP contribution in [0.1, 0.15) is 23.2 Å². The standard InChI is InChI=1S/C17H21NO2/c1-3-12-18-13-8-11-15(18)16(4-2)20-17(19)14-9-6-5-7-10-14/h3-7,9-10,15-16H,1-2,8,11-13H2/t15-,16?/m0/s1. The van der Waals surface area contributed by atoms with E-state index in [-0.39, 0.29) is 18.1 Å². The third-order valence-electron chi connectivity index (χ3n) is 3.64. The van der Waals surface area contributed by atoms with Crippen LogP contribution in [0.4, 0.5) is 0 Å². The van der Waals surface area contributed by atoms with Crippen molar-refractivity contribution in [1.29, 1.82) is 0 Å². The first kappa shape index (κ1) is 14.5. The smallest absolute Gasteiger partial charge is 0.338 e. The van der Waals surface area contributed by atoms with E-state index in [4.69, 9.17) is 4.74 Å². The Labute approximate surface area is 120 Å². The van der Waals surface area contributed by atoms with Crippen LogP contribution in [0, 0.1) is 0 Å². The monoisotopic (exact) mass is 271 g/mol. The van der Waals surface area contributed by atoms with Crippen molar-refractivity contribution in [2.45, 2.75) is 25.0 Å². The SMILES string of the molecule is C=CCN1CCC[C@H]1C(C=C)OC(=O)c1ccccc1. The van der Waals surface area contributed by atoms with Gasteiger partial charge in [-0.2, -0.15) is 0 Å². The molecule has 0 aliphatic carbocycles. The molecule has 0 bridgehead atoms. The highest BCUT2D eigenvalue weighted by Gasteiger charge is 2.31. The third kappa shape index (κ3) is 3.36. The van der Waals surface area contributed by atoms with Crippen molar-refractivity contribution in [3.63, 3.8) is 0 Å². The van der Waals surface area contributed by atoms with Gasteiger partial charge in [0, 0.05) is 6.54 Å². The van der Waals surface area contributed by atoms with Crippen molar-refractivity contribution in [3.05, 3.63) is 61.2 Å². The van der Waals surface area contributed by atoms with Crippen LogP contribution in [0.5, 0.6) is 0 Å². The lowest BCUT2D eigenvalue weighted by Gasteiger charge is -2.28. The van der Waals surface area contributed by atoms with Crippen LogP contribution >= 0.6 is 0 Å². The average Bonchev–Trinajstić information content (AvgIpc) is 2.94. The molecule has 1 aromatic rings. The largest absolute Gasteiger partial charge is 0.453 e. The van der Waals surface area contributed by atoms with E-state index in [1.807, 2.05) is 24.3 Å². The first-order chi connectivity index (χ1) is 9.76. The fraction of sp³-hybridized carbons (Fsp3) is 0.353. The van der Waals surface area contributed by atoms with E-state index >= 15 is 0 Å². The second-order valence-corrected chi connectivity index (χ2v) is 4.96. The van der Waals surface area contributed by atoms with Crippen molar-refractivity contribution in [1.82, 2.24) is 4.90 Å². The number of esters is 1. The molecule has 2 rings (SSSR count). The summed E-state index contributed by atoms with van der Waals surface area (Å²) in [6.45, 7) is 9.43. The molecule has 3 nitrogen and oxygen atoms in total. The molecular formula is C17H21NO2. The summed E-state index contributed by atoms with van der Waals surface area (Å²) in [5, 5.41) is 0. The van der Waals surface area contributed by atoms with Crippen molar-refractivity contribution in [3.8, 4) is 0 Å². The molecule has 1 unspecified atom stereocenters. The van der Waals surface area contributed by atoms with Gasteiger partial charge in [-0.15, -0.1) is 6.58 Å². The number of hydrogen-bond acceptors (Lipinski definition) is 3. The van der Waals surface area contributed by atoms with Gasteiger partial charge in [0.1, 0.15) is 6.10 Å². The number of nitrogens with zero attached hydrogens (tertiary/aromatic N) is 1. The van der Waals surface area contributed by atoms with E-state index in [9.17, 15) is 4.79 Å². The Bertz CT molecular complexity index is 469. The Morgan fingerprint density at radius 3 is 2.80 bits per heavy atom. The summed E-state index contributed by atoms with van der Waals surface area (Å²) in [5.74, 6) is -0.291. The Hall–Kier alpha value is -1.87. The molecule has 0 aromatic heterocycles. The van der Waals surface area contributed by atoms with Crippen LogP contribution in [0.2, 0.25) is 0 Å². The quantitative estimate of drug-likeness (QED) is 0.588. The van der Waals surface area contributed by atoms with Gasteiger partial charge in [0.2, 0.25) is 0 Å². The Morgan fingerprint density at radius 2 is 2.15 bits per heavy atom. The molecule has 1 aliphatic heterocycles. The van der Waals surface area contributed by atoms with Gasteiger partial charge in [-0.25, -0.2) is 4.79 Å². The highest BCUT2D eigenvalue weighted by atomic mass is 16.5. The van der Waals surface area contributed by atoms with Crippen LogP contribution in [0.25, 0.3) is 0 Å². The second-order valence-electron chi connectivity index (χ2n) is 4.96. The predicted molar refractivity (Wildman–Crippen MR) is 80.6 cm³/mol. The number of likely N-dealkylation sites (tertiary alicyclic amines) is 1. The highest BCUT2D eigenvalue weighted by Crippen LogP contribution is 2.23. The Balaban J connectivity index is 2.03. The van der Waals surface area contributed by atoms with Gasteiger partial charge < -0.3 is 4.74 Å². The van der Waals surface area contributed by atoms with Crippen molar-refractivity contribution >= 4 is 5.97 Å². The lowest BCUT2D eigenvalue weighted by atomic mass is 10.1. The van der Waals surface area contributed by atoms with E-state index < -0.39 is 0 Å². The van der Waals surface area contributed by atoms with Crippen molar-refractivity contribution in [2.24, 2.45) is 0 Å². The Morgan fingerprint density at radius 1 is 1.40 bits per heavy atom. The molecule has 0 N–H and O–H groups in total. The first-order valence-electron chi connectivity index (χ1n) is 6.99. The molecule has 0 amide bonds. The molecular weight excluding hydrogens is 250 g/mol. The maximum atomic E-state index is 12.1. The first-order valence-corrected chi connectivity index (χ1v) is 6.99. The fourth-order valence-electron chi connectivity index (χ4n) is 2.67. The van der Waals surface area contributed by atoms with Crippen LogP contribution in [-0.2, 0) is 4.74 Å². The van der Waals surface area contributed by atoms with Gasteiger partial charge in [0.15, 0.2) is 0 Å². The zero-order chi connectivity index (χ0) is 14.4. The second kappa shape index (κ2) is 7.06. The topological polar surface area (TPSA) is 29.5 Å². The molecule has 106 valence electrons. The maximum absolute atomic E-state index is 12.1. The number of carbonyl (C=O) groups is 1. The summed E-state index contributed by atoms with van der Waals surface area (Å²) >= 11 is 0. The van der Waals surface area contributed by atoms with Crippen LogP contribution in [0.15, 0.2) is 55.6 Å². The summed E-state index contributed by atoms with van der Waals surface area (Å²) in [7, 11) is 0. The summed E-state index contributed by atoms with van der Waals surface area (Å²) in [6, 6.07) is 9.28. The molecule has 3 heteroatoms. The molecule has 1 heterocycles. The molecule has 2 atom stereocenters. The molecule has 1 saturated heterocycles. The Kier molecular flexibility index (Phi) is 5.13. The summed E-state index contributed by atoms with van der Waals surface area (Å²) in [5.41, 5.74) is 0.576. The lowest BCUT2D eigenvalue weighted by Crippen LogP contribution is -2.40. The molecule has 0 radical (unpaired) electrons. The van der Waals surface area contributed by atoms with E-state index in [2.05, 4.69) is 18.1 Å². The average molecular weight is 271 g/mol. The lowest BCUT2D eigenvalue weighted by molar-refractivity contribution is 0.0225. The fourth-order valence-corrected chi connectivity index (χ4v) is 2.67. The highest BCUT2D eigenvalue weighted by molar-refractivity contribution is 5.89. The molecule has 1 aromatic carbocycles. The summed E-state index contributed by atoms with van der Waals surface area (Å²) < 4.78 is 5.61.